The van der Waals surface area contributed by atoms with Crippen LogP contribution in [-0.2, 0) is 0 Å². The van der Waals surface area contributed by atoms with Gasteiger partial charge in [-0.3, -0.25) is 9.78 Å². The lowest BCUT2D eigenvalue weighted by molar-refractivity contribution is 0.182. The summed E-state index contributed by atoms with van der Waals surface area (Å²) in [7, 11) is 0. The Morgan fingerprint density at radius 1 is 1.03 bits per heavy atom. The van der Waals surface area contributed by atoms with E-state index in [2.05, 4.69) is 14.9 Å². The molecule has 0 spiro atoms. The molecular formula is C27H38N6O3. The number of H-pyrrole nitrogens is 2. The number of pyridine rings is 1. The van der Waals surface area contributed by atoms with E-state index in [0.717, 1.165) is 56.0 Å². The molecule has 1 saturated carbocycles. The van der Waals surface area contributed by atoms with Gasteiger partial charge in [-0.05, 0) is 69.4 Å². The number of benzene rings is 1. The molecule has 1 aromatic carbocycles. The number of hydrogen-bond donors (Lipinski definition) is 3. The second kappa shape index (κ2) is 11.4. The fourth-order valence-electron chi connectivity index (χ4n) is 5.79. The van der Waals surface area contributed by atoms with E-state index in [1.165, 1.54) is 49.3 Å². The predicted octanol–water partition coefficient (Wildman–Crippen LogP) is 3.28. The van der Waals surface area contributed by atoms with Crippen LogP contribution in [0.15, 0.2) is 33.9 Å². The highest BCUT2D eigenvalue weighted by Gasteiger charge is 2.26. The first-order valence-corrected chi connectivity index (χ1v) is 13.5. The fourth-order valence-corrected chi connectivity index (χ4v) is 5.79. The number of nitrogens with two attached hydrogens (primary N) is 1. The molecule has 2 aliphatic rings. The maximum absolute atomic E-state index is 13.0. The van der Waals surface area contributed by atoms with Gasteiger partial charge >= 0.3 is 5.69 Å². The summed E-state index contributed by atoms with van der Waals surface area (Å²) in [5.74, 6) is 2.43. The van der Waals surface area contributed by atoms with E-state index in [9.17, 15) is 9.59 Å². The van der Waals surface area contributed by atoms with E-state index >= 15 is 0 Å². The predicted molar refractivity (Wildman–Crippen MR) is 141 cm³/mol. The van der Waals surface area contributed by atoms with E-state index in [1.807, 2.05) is 6.07 Å². The van der Waals surface area contributed by atoms with Crippen LogP contribution in [0, 0.1) is 5.92 Å². The summed E-state index contributed by atoms with van der Waals surface area (Å²) in [6, 6.07) is 6.78. The Labute approximate surface area is 211 Å². The van der Waals surface area contributed by atoms with Crippen LogP contribution in [0.5, 0.6) is 5.75 Å². The van der Waals surface area contributed by atoms with Crippen LogP contribution in [0.25, 0.3) is 16.6 Å². The lowest BCUT2D eigenvalue weighted by Crippen LogP contribution is -2.36. The highest BCUT2D eigenvalue weighted by Crippen LogP contribution is 2.30. The molecular weight excluding hydrogens is 456 g/mol. The highest BCUT2D eigenvalue weighted by molar-refractivity contribution is 5.91. The lowest BCUT2D eigenvalue weighted by Gasteiger charge is -2.33. The molecule has 0 amide bonds. The van der Waals surface area contributed by atoms with Crippen LogP contribution >= 0.6 is 0 Å². The number of likely N-dealkylation sites (tertiary alicyclic amines) is 1. The van der Waals surface area contributed by atoms with Gasteiger partial charge in [-0.25, -0.2) is 4.79 Å². The molecule has 1 aliphatic heterocycles. The number of aromatic amines is 2. The molecule has 0 radical (unpaired) electrons. The second-order valence-corrected chi connectivity index (χ2v) is 10.3. The van der Waals surface area contributed by atoms with Crippen LogP contribution < -0.4 is 21.7 Å². The maximum Gasteiger partial charge on any atom is 0.348 e. The van der Waals surface area contributed by atoms with Gasteiger partial charge in [0.05, 0.1) is 17.8 Å². The minimum absolute atomic E-state index is 0.197. The largest absolute Gasteiger partial charge is 0.493 e. The molecule has 9 nitrogen and oxygen atoms in total. The molecule has 1 atom stereocenters. The summed E-state index contributed by atoms with van der Waals surface area (Å²) < 4.78 is 7.25. The lowest BCUT2D eigenvalue weighted by atomic mass is 9.86. The third-order valence-corrected chi connectivity index (χ3v) is 7.77. The minimum atomic E-state index is -0.299. The van der Waals surface area contributed by atoms with E-state index in [1.54, 1.807) is 12.1 Å². The van der Waals surface area contributed by atoms with E-state index in [0.29, 0.717) is 30.1 Å². The Hall–Kier alpha value is -2.91. The number of nitrogens with zero attached hydrogens (tertiary/aromatic N) is 3. The molecule has 9 heteroatoms. The molecule has 0 unspecified atom stereocenters. The highest BCUT2D eigenvalue weighted by atomic mass is 16.5. The van der Waals surface area contributed by atoms with Crippen LogP contribution in [0.1, 0.15) is 69.5 Å². The Kier molecular flexibility index (Phi) is 7.87. The molecule has 3 heterocycles. The molecule has 3 aromatic rings. The first kappa shape index (κ1) is 24.8. The monoisotopic (exact) mass is 494 g/mol. The topological polar surface area (TPSA) is 122 Å². The van der Waals surface area contributed by atoms with Gasteiger partial charge in [0.25, 0.3) is 0 Å². The van der Waals surface area contributed by atoms with Crippen LogP contribution in [0.2, 0.25) is 0 Å². The Balaban J connectivity index is 1.36. The maximum atomic E-state index is 13.0. The number of rotatable bonds is 9. The van der Waals surface area contributed by atoms with Gasteiger partial charge in [-0.15, -0.1) is 5.10 Å². The number of aromatic nitrogens is 4. The zero-order chi connectivity index (χ0) is 24.9. The first-order valence-electron chi connectivity index (χ1n) is 13.5. The Morgan fingerprint density at radius 2 is 1.89 bits per heavy atom. The SMILES string of the molecule is NCCCOc1ccc(-n2nc([C@H]3CCCN(CCC4CCCCC4)C3)[nH]c2=O)c2[nH]c(=O)ccc12. The molecule has 1 saturated heterocycles. The third kappa shape index (κ3) is 5.57. The molecule has 1 aliphatic carbocycles. The number of fused-ring (bicyclic) bond motifs is 1. The van der Waals surface area contributed by atoms with Gasteiger partial charge in [0.15, 0.2) is 0 Å². The van der Waals surface area contributed by atoms with Crippen molar-refractivity contribution in [2.45, 2.75) is 63.7 Å². The van der Waals surface area contributed by atoms with Gasteiger partial charge in [-0.2, -0.15) is 4.68 Å². The van der Waals surface area contributed by atoms with Crippen molar-refractivity contribution in [1.82, 2.24) is 24.6 Å². The first-order chi connectivity index (χ1) is 17.6. The van der Waals surface area contributed by atoms with Crippen molar-refractivity contribution in [2.24, 2.45) is 11.7 Å². The smallest absolute Gasteiger partial charge is 0.348 e. The van der Waals surface area contributed by atoms with E-state index in [-0.39, 0.29) is 17.2 Å². The van der Waals surface area contributed by atoms with Crippen molar-refractivity contribution < 1.29 is 4.74 Å². The summed E-state index contributed by atoms with van der Waals surface area (Å²) in [6.45, 7) is 4.19. The third-order valence-electron chi connectivity index (χ3n) is 7.77. The molecule has 2 aromatic heterocycles. The summed E-state index contributed by atoms with van der Waals surface area (Å²) in [4.78, 5) is 33.6. The summed E-state index contributed by atoms with van der Waals surface area (Å²) in [5.41, 5.74) is 6.11. The summed E-state index contributed by atoms with van der Waals surface area (Å²) in [6.07, 6.45) is 11.0. The standard InChI is InChI=1S/C27H38N6O3/c28-14-5-17-36-23-11-10-22(25-21(23)9-12-24(34)29-25)33-27(35)30-26(31-33)20-8-4-15-32(18-20)16-13-19-6-2-1-3-7-19/h9-12,19-20H,1-8,13-18,28H2,(H,29,34)(H,30,31,35)/t20-/m0/s1. The Morgan fingerprint density at radius 3 is 2.72 bits per heavy atom. The van der Waals surface area contributed by atoms with Crippen LogP contribution in [-0.4, -0.2) is 57.4 Å². The van der Waals surface area contributed by atoms with Gasteiger partial charge in [0.2, 0.25) is 5.56 Å². The van der Waals surface area contributed by atoms with Crippen molar-refractivity contribution in [3.8, 4) is 11.4 Å². The molecule has 36 heavy (non-hydrogen) atoms. The van der Waals surface area contributed by atoms with E-state index in [4.69, 9.17) is 15.6 Å². The zero-order valence-electron chi connectivity index (χ0n) is 21.0. The minimum Gasteiger partial charge on any atom is -0.493 e. The van der Waals surface area contributed by atoms with Gasteiger partial charge < -0.3 is 20.4 Å². The van der Waals surface area contributed by atoms with E-state index < -0.39 is 0 Å². The molecule has 194 valence electrons. The van der Waals surface area contributed by atoms with Gasteiger partial charge in [-0.1, -0.05) is 32.1 Å². The van der Waals surface area contributed by atoms with Crippen molar-refractivity contribution in [2.75, 3.05) is 32.8 Å². The van der Waals surface area contributed by atoms with Crippen LogP contribution in [0.3, 0.4) is 0 Å². The van der Waals surface area contributed by atoms with Gasteiger partial charge in [0.1, 0.15) is 11.6 Å². The molecule has 0 bridgehead atoms. The normalized spacial score (nSPS) is 19.6. The Bertz CT molecular complexity index is 1270. The summed E-state index contributed by atoms with van der Waals surface area (Å²) >= 11 is 0. The number of nitrogens with one attached hydrogen (secondary N) is 2. The molecule has 2 fully saturated rings. The number of hydrogen-bond acceptors (Lipinski definition) is 6. The number of piperidine rings is 1. The molecule has 5 rings (SSSR count). The van der Waals surface area contributed by atoms with Crippen molar-refractivity contribution in [3.63, 3.8) is 0 Å². The van der Waals surface area contributed by atoms with Crippen LogP contribution in [0.4, 0.5) is 0 Å². The summed E-state index contributed by atoms with van der Waals surface area (Å²) in [5, 5.41) is 5.44. The zero-order valence-corrected chi connectivity index (χ0v) is 21.0. The van der Waals surface area contributed by atoms with Crippen molar-refractivity contribution >= 4 is 10.9 Å². The second-order valence-electron chi connectivity index (χ2n) is 10.3. The molecule has 4 N–H and O–H groups in total. The fraction of sp³-hybridized carbons (Fsp3) is 0.593. The quantitative estimate of drug-likeness (QED) is 0.393. The average molecular weight is 495 g/mol. The number of ether oxygens (including phenoxy) is 1. The van der Waals surface area contributed by atoms with Crippen molar-refractivity contribution in [3.05, 3.63) is 50.9 Å². The van der Waals surface area contributed by atoms with Crippen molar-refractivity contribution in [1.29, 1.82) is 0 Å². The average Bonchev–Trinajstić information content (AvgIpc) is 3.29. The van der Waals surface area contributed by atoms with Gasteiger partial charge in [0, 0.05) is 23.9 Å².